The summed E-state index contributed by atoms with van der Waals surface area (Å²) in [5, 5.41) is 12.0. The second kappa shape index (κ2) is 9.65. The molecule has 0 bridgehead atoms. The van der Waals surface area contributed by atoms with Gasteiger partial charge < -0.3 is 5.32 Å². The van der Waals surface area contributed by atoms with Gasteiger partial charge in [0.25, 0.3) is 0 Å². The summed E-state index contributed by atoms with van der Waals surface area (Å²) in [6, 6.07) is 2.55. The van der Waals surface area contributed by atoms with Crippen LogP contribution in [0.4, 0.5) is 26.3 Å². The van der Waals surface area contributed by atoms with Crippen LogP contribution in [0.1, 0.15) is 29.2 Å². The first-order valence-corrected chi connectivity index (χ1v) is 7.24. The van der Waals surface area contributed by atoms with E-state index in [1.807, 2.05) is 6.07 Å². The van der Waals surface area contributed by atoms with Gasteiger partial charge in [0, 0.05) is 32.2 Å². The lowest BCUT2D eigenvalue weighted by molar-refractivity contribution is -0.143. The Morgan fingerprint density at radius 3 is 2.08 bits per heavy atom. The summed E-state index contributed by atoms with van der Waals surface area (Å²) in [5.41, 5.74) is -2.98. The smallest absolute Gasteiger partial charge is 0.314 e. The summed E-state index contributed by atoms with van der Waals surface area (Å²) in [5.74, 6) is 0. The molecule has 0 unspecified atom stereocenters. The van der Waals surface area contributed by atoms with E-state index in [1.165, 1.54) is 0 Å². The molecular weight excluding hydrogens is 407 g/mol. The monoisotopic (exact) mass is 423 g/mol. The maximum absolute atomic E-state index is 13.3. The number of alkyl halides is 6. The zero-order valence-electron chi connectivity index (χ0n) is 13.3. The molecule has 1 fully saturated rings. The Bertz CT molecular complexity index is 621. The molecule has 1 aromatic carbocycles. The highest BCUT2D eigenvalue weighted by Crippen LogP contribution is 2.41. The van der Waals surface area contributed by atoms with Crippen molar-refractivity contribution in [3.63, 3.8) is 0 Å². The third-order valence-electron chi connectivity index (χ3n) is 3.92. The molecule has 2 rings (SSSR count). The highest BCUT2D eigenvalue weighted by atomic mass is 35.5. The van der Waals surface area contributed by atoms with E-state index in [9.17, 15) is 26.3 Å². The Balaban J connectivity index is 0.00000312. The Hall–Kier alpha value is -1.21. The van der Waals surface area contributed by atoms with Gasteiger partial charge in [-0.2, -0.15) is 31.6 Å². The van der Waals surface area contributed by atoms with Crippen LogP contribution in [0.25, 0.3) is 0 Å². The molecule has 0 saturated carbocycles. The summed E-state index contributed by atoms with van der Waals surface area (Å²) in [6.45, 7) is 1.93. The normalized spacial score (nSPS) is 16.8. The van der Waals surface area contributed by atoms with E-state index < -0.39 is 29.5 Å². The fraction of sp³-hybridized carbons (Fsp3) is 0.533. The second-order valence-electron chi connectivity index (χ2n) is 5.46. The molecular formula is C15H17Cl2F6N3. The highest BCUT2D eigenvalue weighted by molar-refractivity contribution is 5.85. The van der Waals surface area contributed by atoms with Gasteiger partial charge in [0.2, 0.25) is 0 Å². The van der Waals surface area contributed by atoms with Crippen LogP contribution in [0.2, 0.25) is 0 Å². The predicted octanol–water partition coefficient (Wildman–Crippen LogP) is 4.43. The topological polar surface area (TPSA) is 39.1 Å². The third kappa shape index (κ3) is 5.91. The first-order valence-electron chi connectivity index (χ1n) is 7.24. The van der Waals surface area contributed by atoms with Gasteiger partial charge in [0.05, 0.1) is 23.6 Å². The molecule has 0 aromatic heterocycles. The predicted molar refractivity (Wildman–Crippen MR) is 88.4 cm³/mol. The molecule has 1 atom stereocenters. The van der Waals surface area contributed by atoms with E-state index in [1.54, 1.807) is 4.90 Å². The number of hydrogen-bond donors (Lipinski definition) is 1. The van der Waals surface area contributed by atoms with E-state index in [-0.39, 0.29) is 42.9 Å². The average Bonchev–Trinajstić information content (AvgIpc) is 2.51. The Morgan fingerprint density at radius 1 is 1.04 bits per heavy atom. The number of hydrogen-bond acceptors (Lipinski definition) is 3. The molecule has 0 radical (unpaired) electrons. The van der Waals surface area contributed by atoms with Gasteiger partial charge in [0.1, 0.15) is 0 Å². The van der Waals surface area contributed by atoms with Crippen LogP contribution in [0.5, 0.6) is 0 Å². The fourth-order valence-corrected chi connectivity index (χ4v) is 2.78. The average molecular weight is 424 g/mol. The first kappa shape index (κ1) is 24.8. The molecule has 0 aliphatic carbocycles. The molecule has 26 heavy (non-hydrogen) atoms. The lowest BCUT2D eigenvalue weighted by atomic mass is 9.94. The number of nitrogens with one attached hydrogen (secondary N) is 1. The summed E-state index contributed by atoms with van der Waals surface area (Å²) >= 11 is 0. The quantitative estimate of drug-likeness (QED) is 0.731. The van der Waals surface area contributed by atoms with Crippen molar-refractivity contribution < 1.29 is 26.3 Å². The first-order chi connectivity index (χ1) is 11.1. The molecule has 0 spiro atoms. The number of benzene rings is 1. The van der Waals surface area contributed by atoms with Gasteiger partial charge >= 0.3 is 12.4 Å². The summed E-state index contributed by atoms with van der Waals surface area (Å²) in [4.78, 5) is 1.69. The van der Waals surface area contributed by atoms with Gasteiger partial charge in [-0.15, -0.1) is 24.8 Å². The zero-order valence-corrected chi connectivity index (χ0v) is 15.0. The summed E-state index contributed by atoms with van der Waals surface area (Å²) in [6.07, 6.45) is -10.0. The van der Waals surface area contributed by atoms with Crippen molar-refractivity contribution in [2.75, 3.05) is 26.2 Å². The van der Waals surface area contributed by atoms with Crippen LogP contribution in [0, 0.1) is 11.3 Å². The van der Waals surface area contributed by atoms with Crippen molar-refractivity contribution in [3.05, 3.63) is 34.9 Å². The van der Waals surface area contributed by atoms with E-state index in [0.717, 1.165) is 6.07 Å². The molecule has 1 aliphatic heterocycles. The van der Waals surface area contributed by atoms with Gasteiger partial charge in [-0.25, -0.2) is 0 Å². The van der Waals surface area contributed by atoms with Crippen LogP contribution >= 0.6 is 24.8 Å². The van der Waals surface area contributed by atoms with Crippen LogP contribution < -0.4 is 5.32 Å². The molecule has 1 saturated heterocycles. The van der Waals surface area contributed by atoms with E-state index in [4.69, 9.17) is 5.26 Å². The lowest BCUT2D eigenvalue weighted by Crippen LogP contribution is -2.45. The number of piperazine rings is 1. The van der Waals surface area contributed by atoms with Crippen molar-refractivity contribution in [1.29, 1.82) is 5.26 Å². The van der Waals surface area contributed by atoms with E-state index in [0.29, 0.717) is 32.2 Å². The highest BCUT2D eigenvalue weighted by Gasteiger charge is 2.40. The maximum Gasteiger partial charge on any atom is 0.416 e. The minimum Gasteiger partial charge on any atom is -0.314 e. The maximum atomic E-state index is 13.3. The minimum atomic E-state index is -4.93. The van der Waals surface area contributed by atoms with Crippen LogP contribution in [0.3, 0.4) is 0 Å². The van der Waals surface area contributed by atoms with Crippen molar-refractivity contribution >= 4 is 24.8 Å². The second-order valence-corrected chi connectivity index (χ2v) is 5.46. The SMILES string of the molecule is Cl.Cl.N#CC[C@@H](c1ccc(C(F)(F)F)cc1C(F)(F)F)N1CCNCC1. The number of nitrogens with zero attached hydrogens (tertiary/aromatic N) is 2. The van der Waals surface area contributed by atoms with Gasteiger partial charge in [-0.1, -0.05) is 6.07 Å². The van der Waals surface area contributed by atoms with Gasteiger partial charge in [-0.05, 0) is 17.7 Å². The van der Waals surface area contributed by atoms with Crippen molar-refractivity contribution in [3.8, 4) is 6.07 Å². The number of halogens is 8. The Labute approximate surface area is 159 Å². The van der Waals surface area contributed by atoms with Crippen LogP contribution in [0.15, 0.2) is 18.2 Å². The summed E-state index contributed by atoms with van der Waals surface area (Å²) < 4.78 is 78.2. The van der Waals surface area contributed by atoms with Crippen LogP contribution in [-0.2, 0) is 12.4 Å². The van der Waals surface area contributed by atoms with Crippen molar-refractivity contribution in [2.24, 2.45) is 0 Å². The molecule has 1 N–H and O–H groups in total. The largest absolute Gasteiger partial charge is 0.416 e. The van der Waals surface area contributed by atoms with Crippen molar-refractivity contribution in [2.45, 2.75) is 24.8 Å². The van der Waals surface area contributed by atoms with Gasteiger partial charge in [0.15, 0.2) is 0 Å². The molecule has 1 heterocycles. The standard InChI is InChI=1S/C15H15F6N3.2ClH/c16-14(17,18)10-1-2-11(12(9-10)15(19,20)21)13(3-4-22)24-7-5-23-6-8-24;;/h1-2,9,13,23H,3,5-8H2;2*1H/t13-;;/m0../s1. The molecule has 1 aromatic rings. The van der Waals surface area contributed by atoms with Crippen molar-refractivity contribution in [1.82, 2.24) is 10.2 Å². The molecule has 1 aliphatic rings. The number of rotatable bonds is 3. The minimum absolute atomic E-state index is 0. The van der Waals surface area contributed by atoms with E-state index >= 15 is 0 Å². The molecule has 11 heteroatoms. The Kier molecular flexibility index (Phi) is 9.20. The molecule has 3 nitrogen and oxygen atoms in total. The fourth-order valence-electron chi connectivity index (χ4n) is 2.78. The third-order valence-corrected chi connectivity index (χ3v) is 3.92. The van der Waals surface area contributed by atoms with Gasteiger partial charge in [-0.3, -0.25) is 4.90 Å². The Morgan fingerprint density at radius 2 is 1.62 bits per heavy atom. The lowest BCUT2D eigenvalue weighted by Gasteiger charge is -2.35. The zero-order chi connectivity index (χ0) is 18.0. The number of nitriles is 1. The molecule has 0 amide bonds. The summed E-state index contributed by atoms with van der Waals surface area (Å²) in [7, 11) is 0. The van der Waals surface area contributed by atoms with Crippen LogP contribution in [-0.4, -0.2) is 31.1 Å². The molecule has 148 valence electrons. The van der Waals surface area contributed by atoms with E-state index in [2.05, 4.69) is 5.32 Å².